The summed E-state index contributed by atoms with van der Waals surface area (Å²) in [4.78, 5) is 11.6. The van der Waals surface area contributed by atoms with E-state index in [9.17, 15) is 13.2 Å². The van der Waals surface area contributed by atoms with Crippen molar-refractivity contribution < 1.29 is 17.9 Å². The van der Waals surface area contributed by atoms with Gasteiger partial charge in [0.2, 0.25) is 10.0 Å². The van der Waals surface area contributed by atoms with Gasteiger partial charge in [-0.05, 0) is 30.0 Å². The third kappa shape index (κ3) is 2.88. The van der Waals surface area contributed by atoms with Crippen molar-refractivity contribution in [3.63, 3.8) is 0 Å². The molecule has 6 heteroatoms. The Morgan fingerprint density at radius 3 is 2.28 bits per heavy atom. The normalized spacial score (nSPS) is 11.7. The first-order valence-electron chi connectivity index (χ1n) is 5.44. The van der Waals surface area contributed by atoms with Gasteiger partial charge >= 0.3 is 5.97 Å². The van der Waals surface area contributed by atoms with Crippen molar-refractivity contribution in [3.8, 4) is 0 Å². The molecule has 5 nitrogen and oxygen atoms in total. The van der Waals surface area contributed by atoms with Crippen LogP contribution in [0, 0.1) is 6.92 Å². The molecule has 1 aromatic rings. The average Bonchev–Trinajstić information content (AvgIpc) is 2.25. The second kappa shape index (κ2) is 5.07. The molecule has 0 unspecified atom stereocenters. The summed E-state index contributed by atoms with van der Waals surface area (Å²) in [5.74, 6) is -0.490. The molecule has 0 saturated heterocycles. The highest BCUT2D eigenvalue weighted by Gasteiger charge is 2.21. The smallest absolute Gasteiger partial charge is 0.338 e. The van der Waals surface area contributed by atoms with Gasteiger partial charge in [-0.25, -0.2) is 18.4 Å². The Kier molecular flexibility index (Phi) is 4.13. The molecule has 0 atom stereocenters. The van der Waals surface area contributed by atoms with Gasteiger partial charge in [-0.3, -0.25) is 0 Å². The molecule has 2 N–H and O–H groups in total. The lowest BCUT2D eigenvalue weighted by Gasteiger charge is -2.14. The number of hydrogen-bond acceptors (Lipinski definition) is 4. The summed E-state index contributed by atoms with van der Waals surface area (Å²) >= 11 is 0. The highest BCUT2D eigenvalue weighted by molar-refractivity contribution is 7.89. The number of ether oxygens (including phenoxy) is 1. The number of primary sulfonamides is 1. The Morgan fingerprint density at radius 2 is 1.89 bits per heavy atom. The van der Waals surface area contributed by atoms with E-state index in [0.29, 0.717) is 5.56 Å². The Balaban J connectivity index is 3.61. The number of carbonyl (C=O) groups excluding carboxylic acids is 1. The molecule has 0 amide bonds. The van der Waals surface area contributed by atoms with Gasteiger partial charge in [-0.1, -0.05) is 19.9 Å². The highest BCUT2D eigenvalue weighted by Crippen LogP contribution is 2.26. The van der Waals surface area contributed by atoms with Crippen LogP contribution in [0.1, 0.15) is 41.3 Å². The number of aryl methyl sites for hydroxylation is 1. The maximum Gasteiger partial charge on any atom is 0.338 e. The van der Waals surface area contributed by atoms with Crippen molar-refractivity contribution in [1.82, 2.24) is 0 Å². The number of esters is 1. The monoisotopic (exact) mass is 271 g/mol. The number of rotatable bonds is 3. The maximum atomic E-state index is 11.7. The lowest BCUT2D eigenvalue weighted by Crippen LogP contribution is -2.16. The minimum atomic E-state index is -3.85. The van der Waals surface area contributed by atoms with Crippen LogP contribution in [0.4, 0.5) is 0 Å². The summed E-state index contributed by atoms with van der Waals surface area (Å²) in [6.07, 6.45) is 0. The topological polar surface area (TPSA) is 86.5 Å². The SMILES string of the molecule is COC(=O)c1cc(S(N)(=O)=O)c(C)cc1C(C)C. The zero-order chi connectivity index (χ0) is 14.1. The lowest BCUT2D eigenvalue weighted by atomic mass is 9.95. The largest absolute Gasteiger partial charge is 0.465 e. The van der Waals surface area contributed by atoms with E-state index in [1.54, 1.807) is 13.0 Å². The molecule has 0 fully saturated rings. The lowest BCUT2D eigenvalue weighted by molar-refractivity contribution is 0.0598. The molecule has 0 aliphatic rings. The average molecular weight is 271 g/mol. The fourth-order valence-corrected chi connectivity index (χ4v) is 2.57. The van der Waals surface area contributed by atoms with Gasteiger partial charge in [-0.15, -0.1) is 0 Å². The zero-order valence-electron chi connectivity index (χ0n) is 10.9. The molecule has 0 heterocycles. The predicted molar refractivity (Wildman–Crippen MR) is 68.0 cm³/mol. The molecule has 100 valence electrons. The third-order valence-corrected chi connectivity index (χ3v) is 3.73. The molecular formula is C12H17NO4S. The van der Waals surface area contributed by atoms with Crippen LogP contribution in [-0.4, -0.2) is 21.5 Å². The number of sulfonamides is 1. The Morgan fingerprint density at radius 1 is 1.33 bits per heavy atom. The zero-order valence-corrected chi connectivity index (χ0v) is 11.7. The minimum absolute atomic E-state index is 0.0488. The quantitative estimate of drug-likeness (QED) is 0.845. The number of hydrogen-bond donors (Lipinski definition) is 1. The van der Waals surface area contributed by atoms with E-state index >= 15 is 0 Å². The third-order valence-electron chi connectivity index (χ3n) is 2.68. The number of carbonyl (C=O) groups is 1. The minimum Gasteiger partial charge on any atom is -0.465 e. The summed E-state index contributed by atoms with van der Waals surface area (Å²) in [6.45, 7) is 5.47. The standard InChI is InChI=1S/C12H17NO4S/c1-7(2)9-5-8(3)11(18(13,15)16)6-10(9)12(14)17-4/h5-7H,1-4H3,(H2,13,15,16). The maximum absolute atomic E-state index is 11.7. The molecule has 18 heavy (non-hydrogen) atoms. The Bertz CT molecular complexity index is 576. The summed E-state index contributed by atoms with van der Waals surface area (Å²) in [5.41, 5.74) is 1.50. The summed E-state index contributed by atoms with van der Waals surface area (Å²) in [6, 6.07) is 2.95. The van der Waals surface area contributed by atoms with Crippen LogP contribution in [0.3, 0.4) is 0 Å². The van der Waals surface area contributed by atoms with Gasteiger partial charge in [0.15, 0.2) is 0 Å². The van der Waals surface area contributed by atoms with E-state index in [1.165, 1.54) is 13.2 Å². The van der Waals surface area contributed by atoms with Gasteiger partial charge in [0.25, 0.3) is 0 Å². The van der Waals surface area contributed by atoms with E-state index in [1.807, 2.05) is 13.8 Å². The van der Waals surface area contributed by atoms with Crippen molar-refractivity contribution in [2.45, 2.75) is 31.6 Å². The van der Waals surface area contributed by atoms with Crippen LogP contribution in [-0.2, 0) is 14.8 Å². The van der Waals surface area contributed by atoms with E-state index in [4.69, 9.17) is 5.14 Å². The van der Waals surface area contributed by atoms with E-state index < -0.39 is 16.0 Å². The van der Waals surface area contributed by atoms with Gasteiger partial charge < -0.3 is 4.74 Å². The Hall–Kier alpha value is -1.40. The van der Waals surface area contributed by atoms with Crippen LogP contribution in [0.25, 0.3) is 0 Å². The fraction of sp³-hybridized carbons (Fsp3) is 0.417. The molecule has 0 spiro atoms. The van der Waals surface area contributed by atoms with Crippen molar-refractivity contribution in [3.05, 3.63) is 28.8 Å². The molecule has 1 aromatic carbocycles. The number of methoxy groups -OCH3 is 1. The molecule has 0 bridgehead atoms. The molecule has 1 rings (SSSR count). The van der Waals surface area contributed by atoms with Crippen LogP contribution in [0.2, 0.25) is 0 Å². The Labute approximate surface area is 107 Å². The van der Waals surface area contributed by atoms with Gasteiger partial charge in [0.05, 0.1) is 17.6 Å². The first kappa shape index (κ1) is 14.7. The fourth-order valence-electron chi connectivity index (χ4n) is 1.78. The molecule has 0 radical (unpaired) electrons. The van der Waals surface area contributed by atoms with E-state index in [0.717, 1.165) is 5.56 Å². The molecule has 0 aliphatic heterocycles. The molecular weight excluding hydrogens is 254 g/mol. The van der Waals surface area contributed by atoms with Gasteiger partial charge in [0, 0.05) is 0 Å². The van der Waals surface area contributed by atoms with Crippen LogP contribution in [0.15, 0.2) is 17.0 Å². The van der Waals surface area contributed by atoms with E-state index in [-0.39, 0.29) is 16.4 Å². The van der Waals surface area contributed by atoms with Crippen molar-refractivity contribution in [2.24, 2.45) is 5.14 Å². The number of nitrogens with two attached hydrogens (primary N) is 1. The number of benzene rings is 1. The van der Waals surface area contributed by atoms with Crippen molar-refractivity contribution >= 4 is 16.0 Å². The predicted octanol–water partition coefficient (Wildman–Crippen LogP) is 1.55. The van der Waals surface area contributed by atoms with E-state index in [2.05, 4.69) is 4.74 Å². The van der Waals surface area contributed by atoms with Crippen molar-refractivity contribution in [2.75, 3.05) is 7.11 Å². The first-order valence-corrected chi connectivity index (χ1v) is 6.98. The highest BCUT2D eigenvalue weighted by atomic mass is 32.2. The van der Waals surface area contributed by atoms with Gasteiger partial charge in [-0.2, -0.15) is 0 Å². The first-order chi connectivity index (χ1) is 8.18. The van der Waals surface area contributed by atoms with Crippen LogP contribution in [0.5, 0.6) is 0 Å². The summed E-state index contributed by atoms with van der Waals surface area (Å²) < 4.78 is 27.5. The second-order valence-electron chi connectivity index (χ2n) is 4.40. The van der Waals surface area contributed by atoms with Crippen molar-refractivity contribution in [1.29, 1.82) is 0 Å². The molecule has 0 aromatic heterocycles. The van der Waals surface area contributed by atoms with Crippen LogP contribution >= 0.6 is 0 Å². The molecule has 0 aliphatic carbocycles. The van der Waals surface area contributed by atoms with Crippen LogP contribution < -0.4 is 5.14 Å². The van der Waals surface area contributed by atoms with Gasteiger partial charge in [0.1, 0.15) is 0 Å². The summed E-state index contributed by atoms with van der Waals surface area (Å²) in [5, 5.41) is 5.11. The second-order valence-corrected chi connectivity index (χ2v) is 5.93. The molecule has 0 saturated carbocycles. The summed E-state index contributed by atoms with van der Waals surface area (Å²) in [7, 11) is -2.60.